The topological polar surface area (TPSA) is 140 Å². The molecular weight excluding hydrogens is 518 g/mol. The second-order valence-corrected chi connectivity index (χ2v) is 10.8. The van der Waals surface area contributed by atoms with Gasteiger partial charge in [0.2, 0.25) is 11.8 Å². The molecule has 9 nitrogen and oxygen atoms in total. The lowest BCUT2D eigenvalue weighted by Gasteiger charge is -2.39. The number of nitrogens with one attached hydrogen (secondary N) is 1. The smallest absolute Gasteiger partial charge is 0.284 e. The van der Waals surface area contributed by atoms with Crippen molar-refractivity contribution in [1.82, 2.24) is 20.1 Å². The number of aryl methyl sites for hydroxylation is 1. The molecule has 2 heterocycles. The number of amides is 2. The minimum absolute atomic E-state index is 0.209. The number of nitrogens with zero attached hydrogens (tertiary/aromatic N) is 4. The molecule has 2 aliphatic carbocycles. The first-order valence-corrected chi connectivity index (χ1v) is 13.0. The molecule has 2 saturated carbocycles. The minimum Gasteiger partial charge on any atom is -0.451 e. The Balaban J connectivity index is 1.43. The Labute approximate surface area is 228 Å². The zero-order valence-electron chi connectivity index (χ0n) is 21.7. The van der Waals surface area contributed by atoms with E-state index in [1.165, 1.54) is 0 Å². The lowest BCUT2D eigenvalue weighted by Crippen LogP contribution is -2.52. The first-order chi connectivity index (χ1) is 19.0. The summed E-state index contributed by atoms with van der Waals surface area (Å²) in [4.78, 5) is 30.5. The van der Waals surface area contributed by atoms with Gasteiger partial charge in [0.1, 0.15) is 23.3 Å². The highest BCUT2D eigenvalue weighted by Crippen LogP contribution is 2.50. The van der Waals surface area contributed by atoms with Crippen LogP contribution in [-0.4, -0.2) is 38.0 Å². The Morgan fingerprint density at radius 3 is 2.30 bits per heavy atom. The molecule has 0 unspecified atom stereocenters. The van der Waals surface area contributed by atoms with Crippen LogP contribution >= 0.6 is 0 Å². The molecule has 0 atom stereocenters. The fourth-order valence-electron chi connectivity index (χ4n) is 5.56. The number of rotatable bonds is 6. The highest BCUT2D eigenvalue weighted by atomic mass is 19.3. The van der Waals surface area contributed by atoms with Gasteiger partial charge in [-0.1, -0.05) is 24.3 Å². The molecule has 2 aliphatic rings. The van der Waals surface area contributed by atoms with E-state index in [-0.39, 0.29) is 24.2 Å². The van der Waals surface area contributed by atoms with Crippen LogP contribution in [0.2, 0.25) is 0 Å². The van der Waals surface area contributed by atoms with Gasteiger partial charge in [-0.15, -0.1) is 0 Å². The van der Waals surface area contributed by atoms with Crippen molar-refractivity contribution in [2.24, 2.45) is 5.73 Å². The van der Waals surface area contributed by atoms with Crippen LogP contribution in [0.5, 0.6) is 0 Å². The molecule has 11 heteroatoms. The molecule has 6 rings (SSSR count). The van der Waals surface area contributed by atoms with Crippen LogP contribution in [0.15, 0.2) is 53.2 Å². The van der Waals surface area contributed by atoms with E-state index < -0.39 is 41.5 Å². The van der Waals surface area contributed by atoms with Crippen molar-refractivity contribution in [2.45, 2.75) is 62.3 Å². The predicted octanol–water partition coefficient (Wildman–Crippen LogP) is 4.71. The number of halogens is 2. The van der Waals surface area contributed by atoms with Crippen LogP contribution in [0.1, 0.15) is 60.5 Å². The van der Waals surface area contributed by atoms with E-state index in [9.17, 15) is 23.6 Å². The standard InChI is InChI=1S/C29H26F2N6O3/c1-17-34-16-37(36-17)20-5-2-18(3-6-20)19-4-7-21-22(14-19)40-24(25(33)38)23(21)28(10-12-29(30,31)13-11-28)26(39)35-27(15-32)8-9-27/h2-7,14,16H,8-13H2,1H3,(H2,33,38)(H,35,39). The largest absolute Gasteiger partial charge is 0.451 e. The van der Waals surface area contributed by atoms with Gasteiger partial charge in [-0.05, 0) is 61.9 Å². The average molecular weight is 545 g/mol. The maximum atomic E-state index is 14.3. The van der Waals surface area contributed by atoms with Crippen LogP contribution in [0.3, 0.4) is 0 Å². The molecule has 40 heavy (non-hydrogen) atoms. The molecule has 2 aromatic heterocycles. The van der Waals surface area contributed by atoms with Crippen LogP contribution in [0.25, 0.3) is 27.8 Å². The number of alkyl halides is 2. The molecule has 4 aromatic rings. The summed E-state index contributed by atoms with van der Waals surface area (Å²) in [6, 6.07) is 15.0. The summed E-state index contributed by atoms with van der Waals surface area (Å²) in [5, 5.41) is 17.1. The molecule has 3 N–H and O–H groups in total. The first kappa shape index (κ1) is 25.7. The third-order valence-electron chi connectivity index (χ3n) is 8.05. The molecule has 2 amide bonds. The van der Waals surface area contributed by atoms with Gasteiger partial charge < -0.3 is 15.5 Å². The molecule has 0 radical (unpaired) electrons. The second-order valence-electron chi connectivity index (χ2n) is 10.8. The Kier molecular flexibility index (Phi) is 5.76. The lowest BCUT2D eigenvalue weighted by molar-refractivity contribution is -0.132. The number of nitrogens with two attached hydrogens (primary N) is 1. The van der Waals surface area contributed by atoms with E-state index in [2.05, 4.69) is 21.5 Å². The molecule has 204 valence electrons. The molecule has 2 fully saturated rings. The second kappa shape index (κ2) is 8.98. The monoisotopic (exact) mass is 544 g/mol. The summed E-state index contributed by atoms with van der Waals surface area (Å²) in [5.74, 6) is -3.97. The van der Waals surface area contributed by atoms with Gasteiger partial charge >= 0.3 is 0 Å². The Morgan fingerprint density at radius 2 is 1.73 bits per heavy atom. The van der Waals surface area contributed by atoms with E-state index >= 15 is 0 Å². The SMILES string of the molecule is Cc1ncn(-c2ccc(-c3ccc4c(C5(C(=O)NC6(C#N)CC6)CCC(F)(F)CC5)c(C(N)=O)oc4c3)cc2)n1. The van der Waals surface area contributed by atoms with Crippen molar-refractivity contribution in [2.75, 3.05) is 0 Å². The van der Waals surface area contributed by atoms with Gasteiger partial charge in [0, 0.05) is 23.8 Å². The molecular formula is C29H26F2N6O3. The van der Waals surface area contributed by atoms with Crippen molar-refractivity contribution in [3.05, 3.63) is 65.9 Å². The van der Waals surface area contributed by atoms with Gasteiger partial charge in [0.15, 0.2) is 5.76 Å². The summed E-state index contributed by atoms with van der Waals surface area (Å²) in [6.45, 7) is 1.80. The van der Waals surface area contributed by atoms with Gasteiger partial charge in [-0.2, -0.15) is 10.4 Å². The summed E-state index contributed by atoms with van der Waals surface area (Å²) in [5.41, 5.74) is 6.18. The third-order valence-corrected chi connectivity index (χ3v) is 8.05. The number of carbonyl (C=O) groups is 2. The van der Waals surface area contributed by atoms with Gasteiger partial charge in [-0.25, -0.2) is 18.4 Å². The summed E-state index contributed by atoms with van der Waals surface area (Å²) >= 11 is 0. The third kappa shape index (κ3) is 4.29. The lowest BCUT2D eigenvalue weighted by atomic mass is 9.66. The van der Waals surface area contributed by atoms with Crippen LogP contribution in [0.4, 0.5) is 8.78 Å². The number of benzene rings is 2. The van der Waals surface area contributed by atoms with Gasteiger partial charge in [0.25, 0.3) is 5.91 Å². The number of nitriles is 1. The molecule has 2 aromatic carbocycles. The molecule has 0 saturated heterocycles. The zero-order valence-corrected chi connectivity index (χ0v) is 21.7. The zero-order chi connectivity index (χ0) is 28.3. The fraction of sp³-hybridized carbons (Fsp3) is 0.345. The Morgan fingerprint density at radius 1 is 1.05 bits per heavy atom. The van der Waals surface area contributed by atoms with E-state index in [0.717, 1.165) is 16.8 Å². The molecule has 0 spiro atoms. The number of carbonyl (C=O) groups excluding carboxylic acids is 2. The van der Waals surface area contributed by atoms with Crippen LogP contribution in [0, 0.1) is 18.3 Å². The maximum absolute atomic E-state index is 14.3. The van der Waals surface area contributed by atoms with E-state index in [1.54, 1.807) is 30.1 Å². The summed E-state index contributed by atoms with van der Waals surface area (Å²) < 4.78 is 36.2. The van der Waals surface area contributed by atoms with Crippen molar-refractivity contribution in [3.63, 3.8) is 0 Å². The number of fused-ring (bicyclic) bond motifs is 1. The number of primary amides is 1. The van der Waals surface area contributed by atoms with Crippen molar-refractivity contribution < 1.29 is 22.8 Å². The number of furan rings is 1. The van der Waals surface area contributed by atoms with E-state index in [4.69, 9.17) is 10.2 Å². The number of hydrogen-bond acceptors (Lipinski definition) is 6. The quantitative estimate of drug-likeness (QED) is 0.360. The summed E-state index contributed by atoms with van der Waals surface area (Å²) in [6.07, 6.45) is 1.08. The van der Waals surface area contributed by atoms with Crippen molar-refractivity contribution in [1.29, 1.82) is 5.26 Å². The number of hydrogen-bond donors (Lipinski definition) is 2. The summed E-state index contributed by atoms with van der Waals surface area (Å²) in [7, 11) is 0. The Hall–Kier alpha value is -4.59. The van der Waals surface area contributed by atoms with Crippen LogP contribution in [-0.2, 0) is 10.2 Å². The first-order valence-electron chi connectivity index (χ1n) is 13.0. The predicted molar refractivity (Wildman–Crippen MR) is 141 cm³/mol. The minimum atomic E-state index is -2.94. The highest BCUT2D eigenvalue weighted by molar-refractivity contribution is 6.04. The maximum Gasteiger partial charge on any atom is 0.284 e. The Bertz CT molecular complexity index is 1680. The highest BCUT2D eigenvalue weighted by Gasteiger charge is 2.55. The van der Waals surface area contributed by atoms with Crippen molar-refractivity contribution in [3.8, 4) is 22.9 Å². The molecule has 0 aliphatic heterocycles. The normalized spacial score (nSPS) is 18.6. The van der Waals surface area contributed by atoms with Gasteiger partial charge in [-0.3, -0.25) is 9.59 Å². The van der Waals surface area contributed by atoms with Gasteiger partial charge in [0.05, 0.1) is 17.2 Å². The van der Waals surface area contributed by atoms with Crippen molar-refractivity contribution >= 4 is 22.8 Å². The van der Waals surface area contributed by atoms with E-state index in [1.807, 2.05) is 30.3 Å². The van der Waals surface area contributed by atoms with Crippen LogP contribution < -0.4 is 11.1 Å². The van der Waals surface area contributed by atoms with E-state index in [0.29, 0.717) is 29.6 Å². The number of aromatic nitrogens is 3. The fourth-order valence-corrected chi connectivity index (χ4v) is 5.56. The molecule has 0 bridgehead atoms. The average Bonchev–Trinajstić information content (AvgIpc) is 3.39.